The van der Waals surface area contributed by atoms with Gasteiger partial charge in [0.2, 0.25) is 0 Å². The second-order valence-electron chi connectivity index (χ2n) is 5.94. The molecule has 0 aliphatic heterocycles. The molecule has 3 heteroatoms. The Morgan fingerprint density at radius 1 is 1.00 bits per heavy atom. The summed E-state index contributed by atoms with van der Waals surface area (Å²) in [5.41, 5.74) is 1.83. The molecule has 0 amide bonds. The Labute approximate surface area is 122 Å². The van der Waals surface area contributed by atoms with Gasteiger partial charge in [-0.2, -0.15) is 0 Å². The lowest BCUT2D eigenvalue weighted by Gasteiger charge is -2.24. The predicted octanol–water partition coefficient (Wildman–Crippen LogP) is 3.54. The minimum Gasteiger partial charge on any atom is -0.508 e. The van der Waals surface area contributed by atoms with Gasteiger partial charge in [0.15, 0.2) is 0 Å². The Morgan fingerprint density at radius 2 is 1.65 bits per heavy atom. The zero-order valence-electron chi connectivity index (χ0n) is 12.6. The molecule has 0 aliphatic rings. The Balaban J connectivity index is 2.14. The monoisotopic (exact) mass is 286 g/mol. The Hall–Kier alpha value is -1.74. The van der Waals surface area contributed by atoms with E-state index in [1.54, 1.807) is 6.07 Å². The Kier molecular flexibility index (Phi) is 4.19. The van der Waals surface area contributed by atoms with Crippen LogP contribution in [0.4, 0.5) is 0 Å². The number of rotatable bonds is 4. The fraction of sp³-hybridized carbons (Fsp3) is 0.294. The molecule has 0 radical (unpaired) electrons. The first kappa shape index (κ1) is 14.7. The van der Waals surface area contributed by atoms with E-state index < -0.39 is 8.07 Å². The third-order valence-corrected chi connectivity index (χ3v) is 6.40. The van der Waals surface area contributed by atoms with Gasteiger partial charge in [0.1, 0.15) is 19.6 Å². The first-order chi connectivity index (χ1) is 9.40. The van der Waals surface area contributed by atoms with Gasteiger partial charge in [0, 0.05) is 0 Å². The van der Waals surface area contributed by atoms with Crippen molar-refractivity contribution in [2.24, 2.45) is 0 Å². The minimum atomic E-state index is -1.60. The van der Waals surface area contributed by atoms with Crippen LogP contribution in [0.15, 0.2) is 42.5 Å². The van der Waals surface area contributed by atoms with Gasteiger partial charge in [-0.05, 0) is 37.1 Å². The zero-order valence-corrected chi connectivity index (χ0v) is 13.6. The van der Waals surface area contributed by atoms with Crippen LogP contribution in [-0.4, -0.2) is 19.4 Å². The highest BCUT2D eigenvalue weighted by atomic mass is 28.3. The van der Waals surface area contributed by atoms with Crippen LogP contribution >= 0.6 is 0 Å². The summed E-state index contributed by atoms with van der Waals surface area (Å²) in [4.78, 5) is 0. The van der Waals surface area contributed by atoms with E-state index in [-0.39, 0.29) is 0 Å². The molecule has 2 nitrogen and oxygen atoms in total. The van der Waals surface area contributed by atoms with Gasteiger partial charge in [-0.25, -0.2) is 0 Å². The molecule has 0 spiro atoms. The number of phenolic OH excluding ortho intramolecular Hbond substituents is 1. The summed E-state index contributed by atoms with van der Waals surface area (Å²) in [5.74, 6) is 1.20. The van der Waals surface area contributed by atoms with Gasteiger partial charge in [0.25, 0.3) is 0 Å². The average Bonchev–Trinajstić information content (AvgIpc) is 2.42. The van der Waals surface area contributed by atoms with Crippen LogP contribution in [0, 0.1) is 13.8 Å². The van der Waals surface area contributed by atoms with Crippen molar-refractivity contribution in [2.45, 2.75) is 26.9 Å². The first-order valence-corrected chi connectivity index (χ1v) is 10.1. The van der Waals surface area contributed by atoms with Gasteiger partial charge >= 0.3 is 0 Å². The highest BCUT2D eigenvalue weighted by molar-refractivity contribution is 6.89. The molecule has 0 atom stereocenters. The molecule has 106 valence electrons. The zero-order chi connectivity index (χ0) is 14.8. The molecular weight excluding hydrogens is 264 g/mol. The van der Waals surface area contributed by atoms with Crippen molar-refractivity contribution < 1.29 is 9.84 Å². The number of ether oxygens (including phenoxy) is 1. The van der Waals surface area contributed by atoms with E-state index in [1.165, 1.54) is 5.19 Å². The molecule has 20 heavy (non-hydrogen) atoms. The largest absolute Gasteiger partial charge is 0.508 e. The van der Waals surface area contributed by atoms with Crippen molar-refractivity contribution in [1.82, 2.24) is 0 Å². The van der Waals surface area contributed by atoms with Gasteiger partial charge in [0.05, 0.1) is 6.23 Å². The minimum absolute atomic E-state index is 0.328. The summed E-state index contributed by atoms with van der Waals surface area (Å²) in [5, 5.41) is 11.1. The second kappa shape index (κ2) is 5.71. The van der Waals surface area contributed by atoms with Crippen molar-refractivity contribution in [3.8, 4) is 11.5 Å². The van der Waals surface area contributed by atoms with E-state index in [0.717, 1.165) is 23.1 Å². The van der Waals surface area contributed by atoms with Crippen LogP contribution in [0.1, 0.15) is 11.1 Å². The lowest BCUT2D eigenvalue weighted by molar-refractivity contribution is 0.374. The van der Waals surface area contributed by atoms with Crippen LogP contribution in [-0.2, 0) is 0 Å². The highest BCUT2D eigenvalue weighted by Gasteiger charge is 2.24. The highest BCUT2D eigenvalue weighted by Crippen LogP contribution is 2.27. The molecule has 2 aromatic rings. The van der Waals surface area contributed by atoms with Crippen molar-refractivity contribution >= 4 is 13.3 Å². The molecular formula is C17H22O2Si. The van der Waals surface area contributed by atoms with Crippen LogP contribution in [0.5, 0.6) is 11.5 Å². The topological polar surface area (TPSA) is 29.5 Å². The van der Waals surface area contributed by atoms with Gasteiger partial charge in [-0.3, -0.25) is 0 Å². The lowest BCUT2D eigenvalue weighted by Crippen LogP contribution is -2.47. The molecule has 0 heterocycles. The molecule has 0 unspecified atom stereocenters. The maximum Gasteiger partial charge on any atom is 0.124 e. The fourth-order valence-electron chi connectivity index (χ4n) is 2.16. The van der Waals surface area contributed by atoms with Crippen molar-refractivity contribution in [2.75, 3.05) is 6.23 Å². The first-order valence-electron chi connectivity index (χ1n) is 6.89. The van der Waals surface area contributed by atoms with E-state index >= 15 is 0 Å². The van der Waals surface area contributed by atoms with Gasteiger partial charge < -0.3 is 9.84 Å². The lowest BCUT2D eigenvalue weighted by atomic mass is 10.1. The molecule has 1 N–H and O–H groups in total. The van der Waals surface area contributed by atoms with Crippen LogP contribution in [0.2, 0.25) is 13.1 Å². The predicted molar refractivity (Wildman–Crippen MR) is 86.6 cm³/mol. The number of hydrogen-bond donors (Lipinski definition) is 1. The third-order valence-electron chi connectivity index (χ3n) is 3.64. The summed E-state index contributed by atoms with van der Waals surface area (Å²) < 4.78 is 6.04. The summed E-state index contributed by atoms with van der Waals surface area (Å²) in [6, 6.07) is 14.3. The summed E-state index contributed by atoms with van der Waals surface area (Å²) >= 11 is 0. The molecule has 2 aromatic carbocycles. The normalized spacial score (nSPS) is 11.4. The molecule has 0 fully saturated rings. The SMILES string of the molecule is Cc1cc(OC[Si](C)(C)c2ccccc2)c(C)cc1O. The molecule has 0 bridgehead atoms. The average molecular weight is 286 g/mol. The van der Waals surface area contributed by atoms with E-state index in [2.05, 4.69) is 37.4 Å². The Morgan fingerprint density at radius 3 is 2.30 bits per heavy atom. The van der Waals surface area contributed by atoms with Crippen LogP contribution in [0.25, 0.3) is 0 Å². The summed E-state index contributed by atoms with van der Waals surface area (Å²) in [6.45, 7) is 8.48. The molecule has 0 saturated heterocycles. The third kappa shape index (κ3) is 3.22. The number of benzene rings is 2. The molecule has 2 rings (SSSR count). The Bertz CT molecular complexity index is 591. The molecule has 0 saturated carbocycles. The standard InChI is InChI=1S/C17H22O2Si/c1-13-11-17(14(2)10-16(13)18)19-12-20(3,4)15-8-6-5-7-9-15/h5-11,18H,12H2,1-4H3. The van der Waals surface area contributed by atoms with Crippen molar-refractivity contribution in [3.63, 3.8) is 0 Å². The summed E-state index contributed by atoms with van der Waals surface area (Å²) in [6.07, 6.45) is 0.738. The van der Waals surface area contributed by atoms with Gasteiger partial charge in [-0.1, -0.05) is 48.6 Å². The number of aryl methyl sites for hydroxylation is 2. The van der Waals surface area contributed by atoms with Gasteiger partial charge in [-0.15, -0.1) is 0 Å². The van der Waals surface area contributed by atoms with E-state index in [1.807, 2.05) is 26.0 Å². The summed E-state index contributed by atoms with van der Waals surface area (Å²) in [7, 11) is -1.60. The quantitative estimate of drug-likeness (QED) is 0.871. The fourth-order valence-corrected chi connectivity index (χ4v) is 3.94. The van der Waals surface area contributed by atoms with E-state index in [4.69, 9.17) is 4.74 Å². The second-order valence-corrected chi connectivity index (χ2v) is 10.6. The number of hydrogen-bond acceptors (Lipinski definition) is 2. The molecule has 0 aromatic heterocycles. The number of phenols is 1. The van der Waals surface area contributed by atoms with Crippen molar-refractivity contribution in [1.29, 1.82) is 0 Å². The smallest absolute Gasteiger partial charge is 0.124 e. The van der Waals surface area contributed by atoms with Crippen LogP contribution < -0.4 is 9.92 Å². The van der Waals surface area contributed by atoms with E-state index in [0.29, 0.717) is 5.75 Å². The maximum absolute atomic E-state index is 9.68. The van der Waals surface area contributed by atoms with Crippen molar-refractivity contribution in [3.05, 3.63) is 53.6 Å². The number of aromatic hydroxyl groups is 1. The van der Waals surface area contributed by atoms with Crippen LogP contribution in [0.3, 0.4) is 0 Å². The maximum atomic E-state index is 9.68. The molecule has 0 aliphatic carbocycles. The van der Waals surface area contributed by atoms with E-state index in [9.17, 15) is 5.11 Å².